The van der Waals surface area contributed by atoms with E-state index in [9.17, 15) is 9.90 Å². The average Bonchev–Trinajstić information content (AvgIpc) is 2.59. The predicted octanol–water partition coefficient (Wildman–Crippen LogP) is 1.48. The molecule has 0 bridgehead atoms. The summed E-state index contributed by atoms with van der Waals surface area (Å²) in [5.74, 6) is -0.725. The predicted molar refractivity (Wildman–Crippen MR) is 62.4 cm³/mol. The summed E-state index contributed by atoms with van der Waals surface area (Å²) in [6.07, 6.45) is 5.93. The Morgan fingerprint density at radius 2 is 1.94 bits per heavy atom. The number of carboxylic acids is 1. The van der Waals surface area contributed by atoms with E-state index in [0.717, 1.165) is 51.6 Å². The second kappa shape index (κ2) is 6.21. The van der Waals surface area contributed by atoms with E-state index in [1.165, 1.54) is 0 Å². The van der Waals surface area contributed by atoms with Crippen LogP contribution in [0.2, 0.25) is 0 Å². The summed E-state index contributed by atoms with van der Waals surface area (Å²) in [5.41, 5.74) is -0.485. The molecule has 0 radical (unpaired) electrons. The Labute approximate surface area is 97.3 Å². The fraction of sp³-hybridized carbons (Fsp3) is 0.917. The number of carboxylic acid groups (broad SMARTS) is 1. The van der Waals surface area contributed by atoms with Crippen LogP contribution < -0.4 is 0 Å². The molecular weight excluding hydrogens is 206 g/mol. The molecule has 0 unspecified atom stereocenters. The molecule has 1 aliphatic rings. The van der Waals surface area contributed by atoms with Gasteiger partial charge in [-0.25, -0.2) is 0 Å². The molecular formula is C12H23NO3. The summed E-state index contributed by atoms with van der Waals surface area (Å²) in [7, 11) is 2.00. The van der Waals surface area contributed by atoms with E-state index in [-0.39, 0.29) is 6.42 Å². The number of unbranched alkanes of at least 4 members (excludes halogenated alkanes) is 1. The Kier molecular flexibility index (Phi) is 5.22. The first kappa shape index (κ1) is 13.5. The van der Waals surface area contributed by atoms with Crippen molar-refractivity contribution in [3.63, 3.8) is 0 Å². The normalized spacial score (nSPS) is 19.2. The number of hydrogen-bond donors (Lipinski definition) is 2. The van der Waals surface area contributed by atoms with Crippen LogP contribution in [0.15, 0.2) is 0 Å². The molecule has 0 amide bonds. The molecule has 0 aliphatic heterocycles. The molecule has 94 valence electrons. The summed E-state index contributed by atoms with van der Waals surface area (Å²) in [4.78, 5) is 12.4. The van der Waals surface area contributed by atoms with Gasteiger partial charge in [-0.15, -0.1) is 0 Å². The van der Waals surface area contributed by atoms with Crippen LogP contribution in [0.1, 0.15) is 44.9 Å². The van der Waals surface area contributed by atoms with E-state index in [1.807, 2.05) is 7.05 Å². The van der Waals surface area contributed by atoms with Crippen LogP contribution in [-0.4, -0.2) is 46.8 Å². The van der Waals surface area contributed by atoms with Crippen molar-refractivity contribution < 1.29 is 15.0 Å². The zero-order valence-corrected chi connectivity index (χ0v) is 10.1. The van der Waals surface area contributed by atoms with Gasteiger partial charge in [0.15, 0.2) is 0 Å². The largest absolute Gasteiger partial charge is 0.481 e. The number of carbonyl (C=O) groups is 1. The molecule has 16 heavy (non-hydrogen) atoms. The van der Waals surface area contributed by atoms with Crippen LogP contribution in [0, 0.1) is 0 Å². The van der Waals surface area contributed by atoms with Crippen LogP contribution >= 0.6 is 0 Å². The maximum Gasteiger partial charge on any atom is 0.303 e. The van der Waals surface area contributed by atoms with Gasteiger partial charge >= 0.3 is 5.97 Å². The Hall–Kier alpha value is -0.610. The van der Waals surface area contributed by atoms with Crippen molar-refractivity contribution in [1.29, 1.82) is 0 Å². The molecule has 1 fully saturated rings. The fourth-order valence-electron chi connectivity index (χ4n) is 2.43. The van der Waals surface area contributed by atoms with E-state index in [1.54, 1.807) is 0 Å². The van der Waals surface area contributed by atoms with Gasteiger partial charge in [0.1, 0.15) is 0 Å². The third kappa shape index (κ3) is 4.94. The summed E-state index contributed by atoms with van der Waals surface area (Å²) in [6, 6.07) is 0. The summed E-state index contributed by atoms with van der Waals surface area (Å²) < 4.78 is 0. The molecule has 0 aromatic heterocycles. The first-order chi connectivity index (χ1) is 7.52. The molecule has 4 nitrogen and oxygen atoms in total. The summed E-state index contributed by atoms with van der Waals surface area (Å²) in [6.45, 7) is 1.59. The van der Waals surface area contributed by atoms with Crippen molar-refractivity contribution in [1.82, 2.24) is 4.90 Å². The third-order valence-electron chi connectivity index (χ3n) is 3.28. The lowest BCUT2D eigenvalue weighted by atomic mass is 10.0. The van der Waals surface area contributed by atoms with Gasteiger partial charge in [0.2, 0.25) is 0 Å². The molecule has 1 aliphatic carbocycles. The van der Waals surface area contributed by atoms with Crippen LogP contribution in [0.4, 0.5) is 0 Å². The lowest BCUT2D eigenvalue weighted by Crippen LogP contribution is -2.39. The van der Waals surface area contributed by atoms with Crippen LogP contribution in [-0.2, 0) is 4.79 Å². The number of aliphatic hydroxyl groups is 1. The Morgan fingerprint density at radius 1 is 1.31 bits per heavy atom. The highest BCUT2D eigenvalue weighted by molar-refractivity contribution is 5.66. The van der Waals surface area contributed by atoms with Gasteiger partial charge in [0.25, 0.3) is 0 Å². The smallest absolute Gasteiger partial charge is 0.303 e. The molecule has 1 rings (SSSR count). The van der Waals surface area contributed by atoms with Gasteiger partial charge in [-0.2, -0.15) is 0 Å². The van der Waals surface area contributed by atoms with Crippen molar-refractivity contribution in [3.8, 4) is 0 Å². The highest BCUT2D eigenvalue weighted by Crippen LogP contribution is 2.29. The molecule has 0 spiro atoms. The van der Waals surface area contributed by atoms with Crippen molar-refractivity contribution in [3.05, 3.63) is 0 Å². The van der Waals surface area contributed by atoms with Crippen molar-refractivity contribution in [2.45, 2.75) is 50.5 Å². The second-order valence-electron chi connectivity index (χ2n) is 5.02. The van der Waals surface area contributed by atoms with Crippen molar-refractivity contribution in [2.24, 2.45) is 0 Å². The van der Waals surface area contributed by atoms with Crippen LogP contribution in [0.5, 0.6) is 0 Å². The Balaban J connectivity index is 2.10. The number of likely N-dealkylation sites (N-methyl/N-ethyl adjacent to an activating group) is 1. The summed E-state index contributed by atoms with van der Waals surface area (Å²) in [5, 5.41) is 18.7. The second-order valence-corrected chi connectivity index (χ2v) is 5.02. The summed E-state index contributed by atoms with van der Waals surface area (Å²) >= 11 is 0. The molecule has 2 N–H and O–H groups in total. The van der Waals surface area contributed by atoms with E-state index in [0.29, 0.717) is 0 Å². The number of nitrogens with zero attached hydrogens (tertiary/aromatic N) is 1. The molecule has 0 atom stereocenters. The van der Waals surface area contributed by atoms with Gasteiger partial charge in [0, 0.05) is 13.0 Å². The molecule has 0 heterocycles. The fourth-order valence-corrected chi connectivity index (χ4v) is 2.43. The zero-order chi connectivity index (χ0) is 12.0. The molecule has 0 aromatic rings. The highest BCUT2D eigenvalue weighted by Gasteiger charge is 2.31. The average molecular weight is 229 g/mol. The number of aliphatic carboxylic acids is 1. The first-order valence-electron chi connectivity index (χ1n) is 6.15. The lowest BCUT2D eigenvalue weighted by molar-refractivity contribution is -0.137. The van der Waals surface area contributed by atoms with E-state index in [2.05, 4.69) is 4.90 Å². The van der Waals surface area contributed by atoms with Crippen molar-refractivity contribution >= 4 is 5.97 Å². The molecule has 0 aromatic carbocycles. The van der Waals surface area contributed by atoms with E-state index < -0.39 is 11.6 Å². The third-order valence-corrected chi connectivity index (χ3v) is 3.28. The maximum atomic E-state index is 10.3. The minimum atomic E-state index is -0.725. The quantitative estimate of drug-likeness (QED) is 0.649. The number of hydrogen-bond acceptors (Lipinski definition) is 3. The van der Waals surface area contributed by atoms with Gasteiger partial charge in [-0.05, 0) is 39.3 Å². The highest BCUT2D eigenvalue weighted by atomic mass is 16.4. The molecule has 1 saturated carbocycles. The number of rotatable bonds is 7. The van der Waals surface area contributed by atoms with Gasteiger partial charge in [0.05, 0.1) is 5.60 Å². The van der Waals surface area contributed by atoms with Gasteiger partial charge < -0.3 is 15.1 Å². The van der Waals surface area contributed by atoms with E-state index >= 15 is 0 Å². The van der Waals surface area contributed by atoms with Gasteiger partial charge in [-0.1, -0.05) is 12.8 Å². The lowest BCUT2D eigenvalue weighted by Gasteiger charge is -2.28. The Bertz CT molecular complexity index is 224. The first-order valence-corrected chi connectivity index (χ1v) is 6.15. The maximum absolute atomic E-state index is 10.3. The zero-order valence-electron chi connectivity index (χ0n) is 10.1. The molecule has 4 heteroatoms. The Morgan fingerprint density at radius 3 is 2.50 bits per heavy atom. The van der Waals surface area contributed by atoms with Crippen LogP contribution in [0.25, 0.3) is 0 Å². The SMILES string of the molecule is CN(CCCCC(=O)O)CC1(O)CCCC1. The monoisotopic (exact) mass is 229 g/mol. The van der Waals surface area contributed by atoms with Gasteiger partial charge in [-0.3, -0.25) is 4.79 Å². The standard InChI is InChI=1S/C12H23NO3/c1-13(9-5-2-6-11(14)15)10-12(16)7-3-4-8-12/h16H,2-10H2,1H3,(H,14,15). The molecule has 0 saturated heterocycles. The van der Waals surface area contributed by atoms with Crippen LogP contribution in [0.3, 0.4) is 0 Å². The van der Waals surface area contributed by atoms with Crippen molar-refractivity contribution in [2.75, 3.05) is 20.1 Å². The minimum absolute atomic E-state index is 0.248. The van der Waals surface area contributed by atoms with E-state index in [4.69, 9.17) is 5.11 Å². The minimum Gasteiger partial charge on any atom is -0.481 e. The topological polar surface area (TPSA) is 60.8 Å².